The van der Waals surface area contributed by atoms with Crippen molar-refractivity contribution in [3.8, 4) is 6.07 Å². The maximum absolute atomic E-state index is 13.4. The minimum Gasteiger partial charge on any atom is -0.324 e. The molecule has 32 heavy (non-hydrogen) atoms. The van der Waals surface area contributed by atoms with Crippen LogP contribution in [0.1, 0.15) is 55.0 Å². The molecule has 0 fully saturated rings. The molecule has 2 aromatic heterocycles. The second-order valence-corrected chi connectivity index (χ2v) is 9.97. The number of aromatic nitrogens is 2. The van der Waals surface area contributed by atoms with Crippen LogP contribution in [-0.2, 0) is 24.2 Å². The van der Waals surface area contributed by atoms with Gasteiger partial charge >= 0.3 is 0 Å². The zero-order valence-electron chi connectivity index (χ0n) is 18.1. The number of hydrogen-bond donors (Lipinski definition) is 1. The first-order valence-corrected chi connectivity index (χ1v) is 12.9. The van der Waals surface area contributed by atoms with E-state index in [1.165, 1.54) is 22.2 Å². The van der Waals surface area contributed by atoms with Gasteiger partial charge in [-0.15, -0.1) is 11.3 Å². The second kappa shape index (κ2) is 10.3. The van der Waals surface area contributed by atoms with E-state index in [-0.39, 0.29) is 17.2 Å². The Kier molecular flexibility index (Phi) is 7.28. The van der Waals surface area contributed by atoms with Gasteiger partial charge < -0.3 is 5.32 Å². The van der Waals surface area contributed by atoms with Gasteiger partial charge in [0.1, 0.15) is 10.9 Å². The topological polar surface area (TPSA) is 87.8 Å². The molecule has 4 rings (SSSR count). The van der Waals surface area contributed by atoms with E-state index < -0.39 is 0 Å². The number of thiophene rings is 1. The summed E-state index contributed by atoms with van der Waals surface area (Å²) in [5, 5.41) is 13.4. The largest absolute Gasteiger partial charge is 0.324 e. The molecule has 0 bridgehead atoms. The first-order valence-electron chi connectivity index (χ1n) is 11.1. The number of para-hydroxylation sites is 1. The van der Waals surface area contributed by atoms with Crippen molar-refractivity contribution in [3.63, 3.8) is 0 Å². The van der Waals surface area contributed by atoms with Gasteiger partial charge in [-0.05, 0) is 43.4 Å². The first kappa shape index (κ1) is 22.6. The van der Waals surface area contributed by atoms with Crippen molar-refractivity contribution in [2.24, 2.45) is 0 Å². The lowest BCUT2D eigenvalue weighted by atomic mass is 10.2. The third kappa shape index (κ3) is 4.74. The van der Waals surface area contributed by atoms with Crippen molar-refractivity contribution in [2.75, 3.05) is 11.1 Å². The molecule has 0 radical (unpaired) electrons. The van der Waals surface area contributed by atoms with Crippen molar-refractivity contribution in [3.05, 3.63) is 50.6 Å². The quantitative estimate of drug-likeness (QED) is 0.268. The average molecular weight is 467 g/mol. The Morgan fingerprint density at radius 1 is 1.28 bits per heavy atom. The molecule has 0 aliphatic heterocycles. The number of hydrogen-bond acceptors (Lipinski definition) is 6. The standard InChI is InChI=1S/C24H26N4O2S2/c1-2-3-4-7-13-28-23(30)21-17-10-8-12-19(17)32-22(21)27-24(28)31-15-20(29)26-18-11-6-5-9-16(18)14-25/h5-6,9,11H,2-4,7-8,10,12-13,15H2,1H3,(H,26,29). The number of fused-ring (bicyclic) bond motifs is 3. The number of benzene rings is 1. The van der Waals surface area contributed by atoms with Gasteiger partial charge in [-0.2, -0.15) is 5.26 Å². The van der Waals surface area contributed by atoms with Crippen LogP contribution in [-0.4, -0.2) is 21.2 Å². The molecule has 3 aromatic rings. The Hall–Kier alpha value is -2.63. The third-order valence-corrected chi connectivity index (χ3v) is 7.84. The smallest absolute Gasteiger partial charge is 0.263 e. The fourth-order valence-corrected chi connectivity index (χ4v) is 6.20. The number of carbonyl (C=O) groups excluding carboxylic acids is 1. The SMILES string of the molecule is CCCCCCn1c(SCC(=O)Nc2ccccc2C#N)nc2sc3c(c2c1=O)CCC3. The fourth-order valence-electron chi connectivity index (χ4n) is 4.07. The Labute approximate surface area is 195 Å². The van der Waals surface area contributed by atoms with Crippen LogP contribution in [0.4, 0.5) is 5.69 Å². The van der Waals surface area contributed by atoms with E-state index in [2.05, 4.69) is 18.3 Å². The summed E-state index contributed by atoms with van der Waals surface area (Å²) >= 11 is 2.91. The van der Waals surface area contributed by atoms with E-state index in [4.69, 9.17) is 4.98 Å². The van der Waals surface area contributed by atoms with E-state index in [1.807, 2.05) is 0 Å². The molecule has 1 aliphatic rings. The van der Waals surface area contributed by atoms with Crippen LogP contribution >= 0.6 is 23.1 Å². The molecule has 1 aliphatic carbocycles. The van der Waals surface area contributed by atoms with Gasteiger partial charge in [-0.25, -0.2) is 4.98 Å². The van der Waals surface area contributed by atoms with Gasteiger partial charge in [0.25, 0.3) is 5.56 Å². The van der Waals surface area contributed by atoms with Crippen molar-refractivity contribution < 1.29 is 4.79 Å². The number of amides is 1. The fraction of sp³-hybridized carbons (Fsp3) is 0.417. The summed E-state index contributed by atoms with van der Waals surface area (Å²) in [4.78, 5) is 32.9. The predicted octanol–water partition coefficient (Wildman–Crippen LogP) is 5.13. The van der Waals surface area contributed by atoms with Crippen molar-refractivity contribution in [1.82, 2.24) is 9.55 Å². The maximum atomic E-state index is 13.4. The Balaban J connectivity index is 1.57. The van der Waals surface area contributed by atoms with Crippen LogP contribution in [0.15, 0.2) is 34.2 Å². The number of aryl methyl sites for hydroxylation is 2. The van der Waals surface area contributed by atoms with E-state index in [9.17, 15) is 14.9 Å². The van der Waals surface area contributed by atoms with Crippen LogP contribution in [0, 0.1) is 11.3 Å². The summed E-state index contributed by atoms with van der Waals surface area (Å²) in [5.41, 5.74) is 2.14. The highest BCUT2D eigenvalue weighted by atomic mass is 32.2. The van der Waals surface area contributed by atoms with E-state index >= 15 is 0 Å². The lowest BCUT2D eigenvalue weighted by Crippen LogP contribution is -2.24. The number of nitriles is 1. The Bertz CT molecular complexity index is 1240. The molecule has 0 saturated heterocycles. The zero-order chi connectivity index (χ0) is 22.5. The summed E-state index contributed by atoms with van der Waals surface area (Å²) in [6.07, 6.45) is 7.34. The Morgan fingerprint density at radius 2 is 2.12 bits per heavy atom. The summed E-state index contributed by atoms with van der Waals surface area (Å²) in [5.74, 6) is -0.101. The lowest BCUT2D eigenvalue weighted by Gasteiger charge is -2.12. The van der Waals surface area contributed by atoms with Crippen LogP contribution in [0.3, 0.4) is 0 Å². The minimum absolute atomic E-state index is 0.0311. The van der Waals surface area contributed by atoms with E-state index in [1.54, 1.807) is 40.2 Å². The number of carbonyl (C=O) groups is 1. The zero-order valence-corrected chi connectivity index (χ0v) is 19.8. The van der Waals surface area contributed by atoms with Gasteiger partial charge in [0.15, 0.2) is 5.16 Å². The van der Waals surface area contributed by atoms with Gasteiger partial charge in [-0.3, -0.25) is 14.2 Å². The van der Waals surface area contributed by atoms with Crippen molar-refractivity contribution in [1.29, 1.82) is 5.26 Å². The number of thioether (sulfide) groups is 1. The molecular weight excluding hydrogens is 440 g/mol. The molecular formula is C24H26N4O2S2. The summed E-state index contributed by atoms with van der Waals surface area (Å²) in [6, 6.07) is 9.01. The van der Waals surface area contributed by atoms with Gasteiger partial charge in [-0.1, -0.05) is 50.1 Å². The molecule has 2 heterocycles. The minimum atomic E-state index is -0.224. The van der Waals surface area contributed by atoms with Gasteiger partial charge in [0.2, 0.25) is 5.91 Å². The highest BCUT2D eigenvalue weighted by Gasteiger charge is 2.23. The normalized spacial score (nSPS) is 12.6. The van der Waals surface area contributed by atoms with Crippen molar-refractivity contribution in [2.45, 2.75) is 63.6 Å². The molecule has 0 unspecified atom stereocenters. The molecule has 166 valence electrons. The van der Waals surface area contributed by atoms with Crippen LogP contribution in [0.2, 0.25) is 0 Å². The number of unbranched alkanes of at least 4 members (excludes halogenated alkanes) is 3. The Morgan fingerprint density at radius 3 is 2.94 bits per heavy atom. The first-order chi connectivity index (χ1) is 15.6. The summed E-state index contributed by atoms with van der Waals surface area (Å²) < 4.78 is 1.77. The maximum Gasteiger partial charge on any atom is 0.263 e. The lowest BCUT2D eigenvalue weighted by molar-refractivity contribution is -0.113. The molecule has 6 nitrogen and oxygen atoms in total. The molecule has 1 amide bonds. The van der Waals surface area contributed by atoms with Gasteiger partial charge in [0, 0.05) is 11.4 Å². The number of anilines is 1. The third-order valence-electron chi connectivity index (χ3n) is 5.68. The summed E-state index contributed by atoms with van der Waals surface area (Å²) in [6.45, 7) is 2.78. The number of rotatable bonds is 9. The van der Waals surface area contributed by atoms with Crippen LogP contribution in [0.5, 0.6) is 0 Å². The molecule has 1 aromatic carbocycles. The van der Waals surface area contributed by atoms with Crippen LogP contribution < -0.4 is 10.9 Å². The summed E-state index contributed by atoms with van der Waals surface area (Å²) in [7, 11) is 0. The predicted molar refractivity (Wildman–Crippen MR) is 131 cm³/mol. The van der Waals surface area contributed by atoms with E-state index in [0.29, 0.717) is 23.0 Å². The molecule has 0 saturated carbocycles. The monoisotopic (exact) mass is 466 g/mol. The molecule has 0 atom stereocenters. The average Bonchev–Trinajstić information content (AvgIpc) is 3.38. The number of nitrogens with zero attached hydrogens (tertiary/aromatic N) is 3. The highest BCUT2D eigenvalue weighted by molar-refractivity contribution is 7.99. The number of nitrogens with one attached hydrogen (secondary N) is 1. The van der Waals surface area contributed by atoms with Gasteiger partial charge in [0.05, 0.1) is 22.4 Å². The van der Waals surface area contributed by atoms with Crippen LogP contribution in [0.25, 0.3) is 10.2 Å². The molecule has 8 heteroatoms. The van der Waals surface area contributed by atoms with Crippen molar-refractivity contribution >= 4 is 44.9 Å². The second-order valence-electron chi connectivity index (χ2n) is 7.94. The highest BCUT2D eigenvalue weighted by Crippen LogP contribution is 2.35. The molecule has 0 spiro atoms. The molecule has 1 N–H and O–H groups in total. The van der Waals surface area contributed by atoms with E-state index in [0.717, 1.165) is 55.2 Å².